The van der Waals surface area contributed by atoms with Crippen LogP contribution in [-0.2, 0) is 17.9 Å². The topological polar surface area (TPSA) is 34.4 Å². The lowest BCUT2D eigenvalue weighted by molar-refractivity contribution is 0.162. The molecule has 0 saturated carbocycles. The van der Waals surface area contributed by atoms with Gasteiger partial charge < -0.3 is 14.5 Å². The van der Waals surface area contributed by atoms with Crippen molar-refractivity contribution in [1.29, 1.82) is 0 Å². The van der Waals surface area contributed by atoms with Crippen LogP contribution in [-0.4, -0.2) is 13.7 Å². The lowest BCUT2D eigenvalue weighted by atomic mass is 10.2. The molecule has 80 valence electrons. The lowest BCUT2D eigenvalue weighted by Crippen LogP contribution is -2.18. The van der Waals surface area contributed by atoms with E-state index in [9.17, 15) is 0 Å². The number of hydrogen-bond donors (Lipinski definition) is 1. The fraction of sp³-hybridized carbons (Fsp3) is 0.636. The monoisotopic (exact) mass is 197 g/mol. The number of ether oxygens (including phenoxy) is 1. The molecule has 0 saturated heterocycles. The van der Waals surface area contributed by atoms with Crippen LogP contribution < -0.4 is 5.32 Å². The average molecular weight is 197 g/mol. The molecule has 0 aliphatic heterocycles. The predicted octanol–water partition coefficient (Wildman–Crippen LogP) is 2.17. The first-order chi connectivity index (χ1) is 6.72. The Morgan fingerprint density at radius 2 is 2.07 bits per heavy atom. The first kappa shape index (κ1) is 11.3. The summed E-state index contributed by atoms with van der Waals surface area (Å²) in [7, 11) is 1.67. The first-order valence-corrected chi connectivity index (χ1v) is 4.99. The Morgan fingerprint density at radius 3 is 2.71 bits per heavy atom. The largest absolute Gasteiger partial charge is 0.462 e. The molecule has 1 heterocycles. The Hall–Kier alpha value is -0.800. The molecule has 3 nitrogen and oxygen atoms in total. The molecule has 0 aliphatic carbocycles. The van der Waals surface area contributed by atoms with Crippen LogP contribution >= 0.6 is 0 Å². The quantitative estimate of drug-likeness (QED) is 0.759. The van der Waals surface area contributed by atoms with Gasteiger partial charge >= 0.3 is 0 Å². The molecule has 3 heteroatoms. The van der Waals surface area contributed by atoms with Gasteiger partial charge in [-0.2, -0.15) is 0 Å². The highest BCUT2D eigenvalue weighted by molar-refractivity contribution is 5.06. The van der Waals surface area contributed by atoms with Gasteiger partial charge in [0, 0.05) is 7.11 Å². The van der Waals surface area contributed by atoms with Crippen molar-refractivity contribution in [3.63, 3.8) is 0 Å². The predicted molar refractivity (Wildman–Crippen MR) is 56.0 cm³/mol. The third-order valence-electron chi connectivity index (χ3n) is 1.86. The summed E-state index contributed by atoms with van der Waals surface area (Å²) in [5.74, 6) is 2.52. The van der Waals surface area contributed by atoms with Gasteiger partial charge in [-0.25, -0.2) is 0 Å². The highest BCUT2D eigenvalue weighted by Crippen LogP contribution is 2.08. The summed E-state index contributed by atoms with van der Waals surface area (Å²) in [6, 6.07) is 3.94. The van der Waals surface area contributed by atoms with Gasteiger partial charge in [-0.05, 0) is 24.6 Å². The van der Waals surface area contributed by atoms with Gasteiger partial charge in [-0.3, -0.25) is 0 Å². The standard InChI is InChI=1S/C11H19NO2/c1-9(2)6-12-7-10-4-5-11(14-10)8-13-3/h4-5,9,12H,6-8H2,1-3H3. The molecule has 0 unspecified atom stereocenters. The van der Waals surface area contributed by atoms with Crippen LogP contribution in [0.25, 0.3) is 0 Å². The van der Waals surface area contributed by atoms with Gasteiger partial charge in [0.15, 0.2) is 0 Å². The Balaban J connectivity index is 2.28. The highest BCUT2D eigenvalue weighted by atomic mass is 16.5. The van der Waals surface area contributed by atoms with E-state index in [2.05, 4.69) is 19.2 Å². The maximum Gasteiger partial charge on any atom is 0.129 e. The minimum Gasteiger partial charge on any atom is -0.462 e. The fourth-order valence-electron chi connectivity index (χ4n) is 1.22. The minimum atomic E-state index is 0.546. The third kappa shape index (κ3) is 3.94. The summed E-state index contributed by atoms with van der Waals surface area (Å²) in [5, 5.41) is 3.32. The number of nitrogens with one attached hydrogen (secondary N) is 1. The van der Waals surface area contributed by atoms with E-state index in [-0.39, 0.29) is 0 Å². The van der Waals surface area contributed by atoms with Gasteiger partial charge in [0.1, 0.15) is 18.1 Å². The van der Waals surface area contributed by atoms with Crippen LogP contribution in [0.1, 0.15) is 25.4 Å². The summed E-state index contributed by atoms with van der Waals surface area (Å²) in [6.07, 6.45) is 0. The van der Waals surface area contributed by atoms with Crippen molar-refractivity contribution in [3.8, 4) is 0 Å². The molecule has 1 aromatic rings. The van der Waals surface area contributed by atoms with Crippen molar-refractivity contribution in [3.05, 3.63) is 23.7 Å². The van der Waals surface area contributed by atoms with Crippen molar-refractivity contribution in [1.82, 2.24) is 5.32 Å². The van der Waals surface area contributed by atoms with Gasteiger partial charge in [-0.1, -0.05) is 13.8 Å². The highest BCUT2D eigenvalue weighted by Gasteiger charge is 2.01. The maximum atomic E-state index is 5.52. The smallest absolute Gasteiger partial charge is 0.129 e. The molecule has 1 aromatic heterocycles. The Bertz CT molecular complexity index is 256. The second-order valence-electron chi connectivity index (χ2n) is 3.83. The van der Waals surface area contributed by atoms with E-state index in [0.717, 1.165) is 24.6 Å². The second kappa shape index (κ2) is 5.83. The van der Waals surface area contributed by atoms with E-state index in [4.69, 9.17) is 9.15 Å². The molecule has 0 aliphatic rings. The summed E-state index contributed by atoms with van der Waals surface area (Å²) in [6.45, 7) is 6.73. The normalized spacial score (nSPS) is 11.1. The van der Waals surface area contributed by atoms with Gasteiger partial charge in [-0.15, -0.1) is 0 Å². The van der Waals surface area contributed by atoms with E-state index in [1.54, 1.807) is 7.11 Å². The average Bonchev–Trinajstić information content (AvgIpc) is 2.53. The molecular formula is C11H19NO2. The van der Waals surface area contributed by atoms with Crippen LogP contribution in [0.3, 0.4) is 0 Å². The van der Waals surface area contributed by atoms with E-state index in [0.29, 0.717) is 12.5 Å². The van der Waals surface area contributed by atoms with Crippen molar-refractivity contribution in [2.24, 2.45) is 5.92 Å². The molecule has 0 fully saturated rings. The van der Waals surface area contributed by atoms with Crippen molar-refractivity contribution < 1.29 is 9.15 Å². The van der Waals surface area contributed by atoms with E-state index < -0.39 is 0 Å². The minimum absolute atomic E-state index is 0.546. The van der Waals surface area contributed by atoms with Crippen LogP contribution in [0.4, 0.5) is 0 Å². The molecule has 1 rings (SSSR count). The molecule has 0 aromatic carbocycles. The number of methoxy groups -OCH3 is 1. The van der Waals surface area contributed by atoms with E-state index in [1.165, 1.54) is 0 Å². The summed E-state index contributed by atoms with van der Waals surface area (Å²) >= 11 is 0. The van der Waals surface area contributed by atoms with Gasteiger partial charge in [0.25, 0.3) is 0 Å². The molecule has 14 heavy (non-hydrogen) atoms. The summed E-state index contributed by atoms with van der Waals surface area (Å²) in [4.78, 5) is 0. The fourth-order valence-corrected chi connectivity index (χ4v) is 1.22. The SMILES string of the molecule is COCc1ccc(CNCC(C)C)o1. The van der Waals surface area contributed by atoms with Crippen molar-refractivity contribution in [2.45, 2.75) is 27.0 Å². The lowest BCUT2D eigenvalue weighted by Gasteiger charge is -2.04. The van der Waals surface area contributed by atoms with E-state index >= 15 is 0 Å². The zero-order valence-electron chi connectivity index (χ0n) is 9.17. The maximum absolute atomic E-state index is 5.52. The zero-order chi connectivity index (χ0) is 10.4. The number of hydrogen-bond acceptors (Lipinski definition) is 3. The number of rotatable bonds is 6. The summed E-state index contributed by atoms with van der Waals surface area (Å²) < 4.78 is 10.5. The Kier molecular flexibility index (Phi) is 4.70. The molecule has 0 bridgehead atoms. The van der Waals surface area contributed by atoms with Crippen LogP contribution in [0.15, 0.2) is 16.5 Å². The third-order valence-corrected chi connectivity index (χ3v) is 1.86. The van der Waals surface area contributed by atoms with Crippen molar-refractivity contribution in [2.75, 3.05) is 13.7 Å². The second-order valence-corrected chi connectivity index (χ2v) is 3.83. The Morgan fingerprint density at radius 1 is 1.36 bits per heavy atom. The molecule has 0 atom stereocenters. The van der Waals surface area contributed by atoms with E-state index in [1.807, 2.05) is 12.1 Å². The van der Waals surface area contributed by atoms with Crippen LogP contribution in [0.5, 0.6) is 0 Å². The molecule has 0 amide bonds. The number of furan rings is 1. The van der Waals surface area contributed by atoms with Crippen LogP contribution in [0, 0.1) is 5.92 Å². The van der Waals surface area contributed by atoms with Gasteiger partial charge in [0.2, 0.25) is 0 Å². The van der Waals surface area contributed by atoms with Crippen molar-refractivity contribution >= 4 is 0 Å². The zero-order valence-corrected chi connectivity index (χ0v) is 9.17. The Labute approximate surface area is 85.4 Å². The van der Waals surface area contributed by atoms with Gasteiger partial charge in [0.05, 0.1) is 6.54 Å². The first-order valence-electron chi connectivity index (χ1n) is 4.99. The van der Waals surface area contributed by atoms with Crippen LogP contribution in [0.2, 0.25) is 0 Å². The molecule has 0 radical (unpaired) electrons. The molecule has 0 spiro atoms. The summed E-state index contributed by atoms with van der Waals surface area (Å²) in [5.41, 5.74) is 0. The molecular weight excluding hydrogens is 178 g/mol. The molecule has 1 N–H and O–H groups in total.